The molecule has 1 amide bonds. The van der Waals surface area contributed by atoms with Gasteiger partial charge in [-0.1, -0.05) is 110 Å². The second-order valence-electron chi connectivity index (χ2n) is 8.98. The van der Waals surface area contributed by atoms with Crippen molar-refractivity contribution in [3.63, 3.8) is 0 Å². The number of carbonyl (C=O) groups is 1. The van der Waals surface area contributed by atoms with Crippen LogP contribution >= 0.6 is 0 Å². The lowest BCUT2D eigenvalue weighted by molar-refractivity contribution is -0.122. The van der Waals surface area contributed by atoms with E-state index in [1.807, 2.05) is 0 Å². The lowest BCUT2D eigenvalue weighted by Crippen LogP contribution is -2.47. The number of carbonyl (C=O) groups excluding carboxylic acids is 1. The number of hydrogen-bond donors (Lipinski definition) is 3. The van der Waals surface area contributed by atoms with Crippen LogP contribution in [0.5, 0.6) is 0 Å². The van der Waals surface area contributed by atoms with E-state index in [0.717, 1.165) is 44.9 Å². The first-order valence-electron chi connectivity index (χ1n) is 12.7. The molecule has 0 heterocycles. The zero-order valence-corrected chi connectivity index (χ0v) is 20.9. The van der Waals surface area contributed by atoms with Crippen molar-refractivity contribution in [2.24, 2.45) is 0 Å². The van der Waals surface area contributed by atoms with Gasteiger partial charge in [0.05, 0.1) is 17.9 Å². The summed E-state index contributed by atoms with van der Waals surface area (Å²) in [6.07, 6.45) is 17.9. The highest BCUT2D eigenvalue weighted by Crippen LogP contribution is 2.13. The Morgan fingerprint density at radius 1 is 0.742 bits per heavy atom. The van der Waals surface area contributed by atoms with Crippen molar-refractivity contribution in [1.29, 1.82) is 0 Å². The number of aliphatic hydroxyl groups excluding tert-OH is 1. The fourth-order valence-corrected chi connectivity index (χ4v) is 4.62. The van der Waals surface area contributed by atoms with Gasteiger partial charge in [-0.3, -0.25) is 9.35 Å². The van der Waals surface area contributed by atoms with E-state index >= 15 is 0 Å². The highest BCUT2D eigenvalue weighted by molar-refractivity contribution is 7.85. The summed E-state index contributed by atoms with van der Waals surface area (Å²) in [7, 11) is -4.28. The summed E-state index contributed by atoms with van der Waals surface area (Å²) in [5.41, 5.74) is 0. The van der Waals surface area contributed by atoms with Crippen LogP contribution in [0.25, 0.3) is 0 Å². The van der Waals surface area contributed by atoms with Gasteiger partial charge in [0.1, 0.15) is 0 Å². The van der Waals surface area contributed by atoms with Gasteiger partial charge in [0.25, 0.3) is 10.1 Å². The number of aliphatic hydroxyl groups is 1. The summed E-state index contributed by atoms with van der Waals surface area (Å²) < 4.78 is 31.8. The fraction of sp³-hybridized carbons (Fsp3) is 0.958. The summed E-state index contributed by atoms with van der Waals surface area (Å²) in [5, 5.41) is 13.0. The molecule has 0 aliphatic rings. The molecule has 0 aromatic carbocycles. The van der Waals surface area contributed by atoms with Crippen LogP contribution in [0.2, 0.25) is 0 Å². The Labute approximate surface area is 191 Å². The van der Waals surface area contributed by atoms with E-state index < -0.39 is 28.0 Å². The Morgan fingerprint density at radius 3 is 1.61 bits per heavy atom. The molecule has 0 aliphatic carbocycles. The van der Waals surface area contributed by atoms with Gasteiger partial charge in [-0.05, 0) is 12.8 Å². The third kappa shape index (κ3) is 21.0. The highest BCUT2D eigenvalue weighted by atomic mass is 32.2. The van der Waals surface area contributed by atoms with Crippen molar-refractivity contribution in [3.8, 4) is 0 Å². The zero-order valence-electron chi connectivity index (χ0n) is 20.1. The van der Waals surface area contributed by atoms with Crippen LogP contribution in [-0.4, -0.2) is 41.9 Å². The summed E-state index contributed by atoms with van der Waals surface area (Å²) in [4.78, 5) is 12.2. The third-order valence-electron chi connectivity index (χ3n) is 5.81. The Hall–Kier alpha value is -0.660. The minimum absolute atomic E-state index is 0.254. The maximum Gasteiger partial charge on any atom is 0.266 e. The smallest absolute Gasteiger partial charge is 0.266 e. The Bertz CT molecular complexity index is 524. The van der Waals surface area contributed by atoms with E-state index in [2.05, 4.69) is 19.2 Å². The maximum atomic E-state index is 12.2. The minimum atomic E-state index is -4.28. The molecule has 7 heteroatoms. The molecule has 0 aromatic heterocycles. The number of rotatable bonds is 22. The molecule has 0 bridgehead atoms. The van der Waals surface area contributed by atoms with E-state index in [4.69, 9.17) is 0 Å². The lowest BCUT2D eigenvalue weighted by atomic mass is 10.0. The second kappa shape index (κ2) is 20.0. The van der Waals surface area contributed by atoms with Gasteiger partial charge in [0, 0.05) is 6.42 Å². The van der Waals surface area contributed by atoms with E-state index in [0.29, 0.717) is 12.8 Å². The van der Waals surface area contributed by atoms with Gasteiger partial charge in [-0.25, -0.2) is 0 Å². The van der Waals surface area contributed by atoms with Gasteiger partial charge in [-0.15, -0.1) is 0 Å². The standard InChI is InChI=1S/C24H49NO5S/c1-3-5-7-9-11-12-13-14-16-18-20-24(27)25-22(21-31(28,29)30)23(26)19-17-15-10-8-6-4-2/h22-23,26H,3-21H2,1-2H3,(H,25,27)(H,28,29,30). The highest BCUT2D eigenvalue weighted by Gasteiger charge is 2.25. The van der Waals surface area contributed by atoms with Crippen molar-refractivity contribution in [1.82, 2.24) is 5.32 Å². The molecule has 2 unspecified atom stereocenters. The molecule has 0 spiro atoms. The monoisotopic (exact) mass is 463 g/mol. The van der Waals surface area contributed by atoms with E-state index in [9.17, 15) is 22.9 Å². The van der Waals surface area contributed by atoms with Crippen molar-refractivity contribution in [3.05, 3.63) is 0 Å². The first kappa shape index (κ1) is 30.3. The predicted molar refractivity (Wildman–Crippen MR) is 129 cm³/mol. The molecule has 0 saturated carbocycles. The summed E-state index contributed by atoms with van der Waals surface area (Å²) >= 11 is 0. The van der Waals surface area contributed by atoms with Gasteiger partial charge < -0.3 is 10.4 Å². The molecule has 186 valence electrons. The minimum Gasteiger partial charge on any atom is -0.391 e. The molecule has 0 aliphatic heterocycles. The Morgan fingerprint density at radius 2 is 1.16 bits per heavy atom. The normalized spacial score (nSPS) is 13.8. The van der Waals surface area contributed by atoms with Crippen LogP contribution in [0.4, 0.5) is 0 Å². The molecule has 6 nitrogen and oxygen atoms in total. The molecule has 0 aromatic rings. The van der Waals surface area contributed by atoms with Gasteiger partial charge in [0.15, 0.2) is 0 Å². The van der Waals surface area contributed by atoms with Crippen LogP contribution in [0.3, 0.4) is 0 Å². The van der Waals surface area contributed by atoms with E-state index in [-0.39, 0.29) is 5.91 Å². The quantitative estimate of drug-likeness (QED) is 0.139. The largest absolute Gasteiger partial charge is 0.391 e. The zero-order chi connectivity index (χ0) is 23.4. The first-order chi connectivity index (χ1) is 14.8. The topological polar surface area (TPSA) is 104 Å². The number of amides is 1. The molecule has 0 fully saturated rings. The predicted octanol–water partition coefficient (Wildman–Crippen LogP) is 5.78. The average Bonchev–Trinajstić information content (AvgIpc) is 2.70. The molecule has 3 N–H and O–H groups in total. The van der Waals surface area contributed by atoms with Gasteiger partial charge in [-0.2, -0.15) is 8.42 Å². The summed E-state index contributed by atoms with van der Waals surface area (Å²) in [6, 6.07) is -0.957. The SMILES string of the molecule is CCCCCCCCCCCCC(=O)NC(CS(=O)(=O)O)C(O)CCCCCCCC. The van der Waals surface area contributed by atoms with Crippen LogP contribution in [-0.2, 0) is 14.9 Å². The van der Waals surface area contributed by atoms with Crippen molar-refractivity contribution in [2.75, 3.05) is 5.75 Å². The number of hydrogen-bond acceptors (Lipinski definition) is 4. The van der Waals surface area contributed by atoms with Gasteiger partial charge >= 0.3 is 0 Å². The Kier molecular flexibility index (Phi) is 19.6. The maximum absolute atomic E-state index is 12.2. The Balaban J connectivity index is 4.09. The van der Waals surface area contributed by atoms with Crippen molar-refractivity contribution < 1.29 is 22.9 Å². The summed E-state index contributed by atoms with van der Waals surface area (Å²) in [6.45, 7) is 4.37. The average molecular weight is 464 g/mol. The van der Waals surface area contributed by atoms with Crippen molar-refractivity contribution in [2.45, 2.75) is 142 Å². The number of nitrogens with one attached hydrogen (secondary N) is 1. The van der Waals surface area contributed by atoms with Crippen LogP contribution in [0, 0.1) is 0 Å². The fourth-order valence-electron chi connectivity index (χ4n) is 3.86. The van der Waals surface area contributed by atoms with E-state index in [1.165, 1.54) is 57.8 Å². The third-order valence-corrected chi connectivity index (χ3v) is 6.59. The molecule has 31 heavy (non-hydrogen) atoms. The van der Waals surface area contributed by atoms with Gasteiger partial charge in [0.2, 0.25) is 5.91 Å². The molecule has 0 saturated heterocycles. The second-order valence-corrected chi connectivity index (χ2v) is 10.5. The first-order valence-corrected chi connectivity index (χ1v) is 14.3. The lowest BCUT2D eigenvalue weighted by Gasteiger charge is -2.23. The number of unbranched alkanes of at least 4 members (excludes halogenated alkanes) is 14. The molecule has 0 rings (SSSR count). The molecule has 0 radical (unpaired) electrons. The molecular formula is C24H49NO5S. The van der Waals surface area contributed by atoms with Crippen LogP contribution < -0.4 is 5.32 Å². The molecule has 2 atom stereocenters. The molecular weight excluding hydrogens is 414 g/mol. The van der Waals surface area contributed by atoms with Crippen molar-refractivity contribution >= 4 is 16.0 Å². The van der Waals surface area contributed by atoms with Crippen LogP contribution in [0.15, 0.2) is 0 Å². The summed E-state index contributed by atoms with van der Waals surface area (Å²) in [5.74, 6) is -0.900. The van der Waals surface area contributed by atoms with E-state index in [1.54, 1.807) is 0 Å². The van der Waals surface area contributed by atoms with Crippen LogP contribution in [0.1, 0.15) is 129 Å².